The molecule has 0 fully saturated rings. The van der Waals surface area contributed by atoms with Crippen LogP contribution in [0.1, 0.15) is 30.6 Å². The fourth-order valence-corrected chi connectivity index (χ4v) is 3.06. The minimum atomic E-state index is -0.0846. The highest BCUT2D eigenvalue weighted by Gasteiger charge is 2.18. The summed E-state index contributed by atoms with van der Waals surface area (Å²) in [6, 6.07) is 14.0. The average molecular weight is 305 g/mol. The van der Waals surface area contributed by atoms with Gasteiger partial charge in [0.1, 0.15) is 0 Å². The molecular formula is C16H17BrO. The topological polar surface area (TPSA) is 17.1 Å². The predicted molar refractivity (Wildman–Crippen MR) is 80.4 cm³/mol. The second kappa shape index (κ2) is 5.66. The molecule has 0 aliphatic rings. The molecular weight excluding hydrogens is 288 g/mol. The molecule has 0 aliphatic carbocycles. The molecule has 0 radical (unpaired) electrons. The van der Waals surface area contributed by atoms with E-state index in [9.17, 15) is 4.79 Å². The predicted octanol–water partition coefficient (Wildman–Crippen LogP) is 4.83. The van der Waals surface area contributed by atoms with Crippen molar-refractivity contribution in [1.29, 1.82) is 0 Å². The smallest absolute Gasteiger partial charge is 0.176 e. The summed E-state index contributed by atoms with van der Waals surface area (Å²) in [5, 5.41) is 2.29. The van der Waals surface area contributed by atoms with E-state index in [0.29, 0.717) is 5.92 Å². The molecule has 2 aromatic carbocycles. The molecule has 18 heavy (non-hydrogen) atoms. The zero-order valence-corrected chi connectivity index (χ0v) is 12.3. The summed E-state index contributed by atoms with van der Waals surface area (Å²) in [5.41, 5.74) is 0.788. The van der Waals surface area contributed by atoms with E-state index in [0.717, 1.165) is 17.4 Å². The summed E-state index contributed by atoms with van der Waals surface area (Å²) in [5.74, 6) is 0.688. The first-order valence-electron chi connectivity index (χ1n) is 6.25. The van der Waals surface area contributed by atoms with E-state index in [1.54, 1.807) is 0 Å². The van der Waals surface area contributed by atoms with Crippen LogP contribution in [0.15, 0.2) is 42.5 Å². The summed E-state index contributed by atoms with van der Waals surface area (Å²) in [7, 11) is 0. The third-order valence-corrected chi connectivity index (χ3v) is 3.79. The summed E-state index contributed by atoms with van der Waals surface area (Å²) >= 11 is 3.50. The van der Waals surface area contributed by atoms with Gasteiger partial charge in [0.2, 0.25) is 0 Å². The number of hydrogen-bond acceptors (Lipinski definition) is 1. The SMILES string of the molecule is CC(C)CC(Br)C(=O)c1ccc2ccccc2c1. The fraction of sp³-hybridized carbons (Fsp3) is 0.312. The van der Waals surface area contributed by atoms with Crippen LogP contribution < -0.4 is 0 Å². The zero-order chi connectivity index (χ0) is 13.1. The van der Waals surface area contributed by atoms with Crippen molar-refractivity contribution in [3.63, 3.8) is 0 Å². The van der Waals surface area contributed by atoms with E-state index in [1.807, 2.05) is 36.4 Å². The van der Waals surface area contributed by atoms with Crippen LogP contribution in [0, 0.1) is 5.92 Å². The number of hydrogen-bond donors (Lipinski definition) is 0. The average Bonchev–Trinajstić information content (AvgIpc) is 2.36. The summed E-state index contributed by atoms with van der Waals surface area (Å²) in [4.78, 5) is 12.2. The van der Waals surface area contributed by atoms with Crippen LogP contribution in [0.5, 0.6) is 0 Å². The molecule has 0 heterocycles. The van der Waals surface area contributed by atoms with Crippen LogP contribution in [0.3, 0.4) is 0 Å². The monoisotopic (exact) mass is 304 g/mol. The summed E-state index contributed by atoms with van der Waals surface area (Å²) in [6.07, 6.45) is 0.867. The third-order valence-electron chi connectivity index (χ3n) is 3.00. The highest BCUT2D eigenvalue weighted by molar-refractivity contribution is 9.10. The van der Waals surface area contributed by atoms with Crippen LogP contribution >= 0.6 is 15.9 Å². The van der Waals surface area contributed by atoms with Gasteiger partial charge in [-0.2, -0.15) is 0 Å². The number of Topliss-reactive ketones (excluding diaryl/α,β-unsaturated/α-hetero) is 1. The molecule has 94 valence electrons. The Morgan fingerprint density at radius 3 is 2.44 bits per heavy atom. The number of carbonyl (C=O) groups is 1. The number of fused-ring (bicyclic) bond motifs is 1. The van der Waals surface area contributed by atoms with Crippen molar-refractivity contribution in [3.8, 4) is 0 Å². The minimum Gasteiger partial charge on any atom is -0.293 e. The van der Waals surface area contributed by atoms with Gasteiger partial charge in [0, 0.05) is 5.56 Å². The maximum atomic E-state index is 12.3. The standard InChI is InChI=1S/C16H17BrO/c1-11(2)9-15(17)16(18)14-8-7-12-5-3-4-6-13(12)10-14/h3-8,10-11,15H,9H2,1-2H3. The van der Waals surface area contributed by atoms with E-state index in [-0.39, 0.29) is 10.6 Å². The number of rotatable bonds is 4. The second-order valence-corrected chi connectivity index (χ2v) is 6.13. The molecule has 0 spiro atoms. The number of halogens is 1. The molecule has 0 N–H and O–H groups in total. The van der Waals surface area contributed by atoms with Crippen molar-refractivity contribution in [2.45, 2.75) is 25.1 Å². The molecule has 2 rings (SSSR count). The lowest BCUT2D eigenvalue weighted by Crippen LogP contribution is -2.16. The van der Waals surface area contributed by atoms with Gasteiger partial charge in [-0.1, -0.05) is 66.2 Å². The lowest BCUT2D eigenvalue weighted by Gasteiger charge is -2.11. The van der Waals surface area contributed by atoms with Crippen LogP contribution in [0.4, 0.5) is 0 Å². The number of ketones is 1. The first kappa shape index (κ1) is 13.3. The molecule has 0 amide bonds. The van der Waals surface area contributed by atoms with Gasteiger partial charge in [-0.3, -0.25) is 4.79 Å². The quantitative estimate of drug-likeness (QED) is 0.584. The molecule has 2 heteroatoms. The van der Waals surface area contributed by atoms with Gasteiger partial charge in [0.25, 0.3) is 0 Å². The highest BCUT2D eigenvalue weighted by atomic mass is 79.9. The van der Waals surface area contributed by atoms with Crippen molar-refractivity contribution in [3.05, 3.63) is 48.0 Å². The van der Waals surface area contributed by atoms with Crippen molar-refractivity contribution in [2.75, 3.05) is 0 Å². The molecule has 1 atom stereocenters. The van der Waals surface area contributed by atoms with Gasteiger partial charge in [0.05, 0.1) is 4.83 Å². The number of carbonyl (C=O) groups excluding carboxylic acids is 1. The van der Waals surface area contributed by atoms with Gasteiger partial charge in [-0.25, -0.2) is 0 Å². The molecule has 2 aromatic rings. The largest absolute Gasteiger partial charge is 0.293 e. The molecule has 0 saturated heterocycles. The summed E-state index contributed by atoms with van der Waals surface area (Å²) in [6.45, 7) is 4.25. The molecule has 0 bridgehead atoms. The third kappa shape index (κ3) is 2.99. The number of benzene rings is 2. The highest BCUT2D eigenvalue weighted by Crippen LogP contribution is 2.21. The Kier molecular flexibility index (Phi) is 4.18. The Hall–Kier alpha value is -1.15. The number of alkyl halides is 1. The maximum Gasteiger partial charge on any atom is 0.176 e. The molecule has 0 aliphatic heterocycles. The van der Waals surface area contributed by atoms with Crippen LogP contribution in [0.25, 0.3) is 10.8 Å². The minimum absolute atomic E-state index is 0.0846. The van der Waals surface area contributed by atoms with E-state index in [2.05, 4.69) is 35.8 Å². The van der Waals surface area contributed by atoms with Crippen LogP contribution in [-0.2, 0) is 0 Å². The van der Waals surface area contributed by atoms with Crippen LogP contribution in [-0.4, -0.2) is 10.6 Å². The van der Waals surface area contributed by atoms with E-state index < -0.39 is 0 Å². The Morgan fingerprint density at radius 1 is 1.11 bits per heavy atom. The van der Waals surface area contributed by atoms with Crippen molar-refractivity contribution in [2.24, 2.45) is 5.92 Å². The molecule has 1 nitrogen and oxygen atoms in total. The van der Waals surface area contributed by atoms with Gasteiger partial charge >= 0.3 is 0 Å². The summed E-state index contributed by atoms with van der Waals surface area (Å²) < 4.78 is 0. The van der Waals surface area contributed by atoms with Crippen molar-refractivity contribution >= 4 is 32.5 Å². The molecule has 1 unspecified atom stereocenters. The van der Waals surface area contributed by atoms with Crippen molar-refractivity contribution in [1.82, 2.24) is 0 Å². The maximum absolute atomic E-state index is 12.3. The second-order valence-electron chi connectivity index (χ2n) is 5.02. The zero-order valence-electron chi connectivity index (χ0n) is 10.7. The lowest BCUT2D eigenvalue weighted by atomic mass is 9.99. The first-order valence-corrected chi connectivity index (χ1v) is 7.16. The van der Waals surface area contributed by atoms with Gasteiger partial charge in [0.15, 0.2) is 5.78 Å². The molecule has 0 saturated carbocycles. The Bertz CT molecular complexity index is 560. The van der Waals surface area contributed by atoms with E-state index in [1.165, 1.54) is 5.39 Å². The fourth-order valence-electron chi connectivity index (χ4n) is 2.04. The Morgan fingerprint density at radius 2 is 1.78 bits per heavy atom. The van der Waals surface area contributed by atoms with E-state index in [4.69, 9.17) is 0 Å². The normalized spacial score (nSPS) is 12.9. The van der Waals surface area contributed by atoms with Crippen molar-refractivity contribution < 1.29 is 4.79 Å². The lowest BCUT2D eigenvalue weighted by molar-refractivity contribution is 0.0985. The van der Waals surface area contributed by atoms with Gasteiger partial charge in [-0.05, 0) is 29.2 Å². The first-order chi connectivity index (χ1) is 8.58. The Balaban J connectivity index is 2.28. The molecule has 0 aromatic heterocycles. The van der Waals surface area contributed by atoms with Gasteiger partial charge < -0.3 is 0 Å². The van der Waals surface area contributed by atoms with E-state index >= 15 is 0 Å². The van der Waals surface area contributed by atoms with Gasteiger partial charge in [-0.15, -0.1) is 0 Å². The van der Waals surface area contributed by atoms with Crippen LogP contribution in [0.2, 0.25) is 0 Å². The Labute approximate surface area is 116 Å².